The van der Waals surface area contributed by atoms with E-state index in [-0.39, 0.29) is 29.9 Å². The third-order valence-corrected chi connectivity index (χ3v) is 5.05. The van der Waals surface area contributed by atoms with Crippen molar-refractivity contribution in [3.63, 3.8) is 0 Å². The first kappa shape index (κ1) is 24.4. The molecule has 1 heterocycles. The van der Waals surface area contributed by atoms with E-state index in [9.17, 15) is 4.79 Å². The zero-order valence-electron chi connectivity index (χ0n) is 16.5. The lowest BCUT2D eigenvalue weighted by atomic mass is 10.2. The van der Waals surface area contributed by atoms with E-state index in [0.717, 1.165) is 43.3 Å². The van der Waals surface area contributed by atoms with Gasteiger partial charge in [0.05, 0.1) is 5.01 Å². The van der Waals surface area contributed by atoms with Crippen LogP contribution in [-0.2, 0) is 12.8 Å². The Bertz CT molecular complexity index is 720. The Morgan fingerprint density at radius 2 is 1.89 bits per heavy atom. The summed E-state index contributed by atoms with van der Waals surface area (Å²) in [4.78, 5) is 22.3. The Morgan fingerprint density at radius 3 is 2.57 bits per heavy atom. The summed E-state index contributed by atoms with van der Waals surface area (Å²) in [6, 6.07) is 9.25. The molecule has 1 aromatic carbocycles. The lowest BCUT2D eigenvalue weighted by Crippen LogP contribution is -2.38. The Kier molecular flexibility index (Phi) is 12.5. The zero-order chi connectivity index (χ0) is 19.3. The number of hydrogen-bond donors (Lipinski definition) is 3. The van der Waals surface area contributed by atoms with Gasteiger partial charge in [0.15, 0.2) is 5.96 Å². The molecule has 0 saturated carbocycles. The molecule has 0 fully saturated rings. The van der Waals surface area contributed by atoms with Gasteiger partial charge in [-0.1, -0.05) is 25.1 Å². The van der Waals surface area contributed by atoms with Crippen LogP contribution >= 0.6 is 35.3 Å². The molecule has 8 heteroatoms. The van der Waals surface area contributed by atoms with Crippen LogP contribution in [0.3, 0.4) is 0 Å². The minimum Gasteiger partial charge on any atom is -0.357 e. The Morgan fingerprint density at radius 1 is 1.11 bits per heavy atom. The summed E-state index contributed by atoms with van der Waals surface area (Å²) >= 11 is 1.77. The summed E-state index contributed by atoms with van der Waals surface area (Å²) in [6.45, 7) is 7.07. The maximum Gasteiger partial charge on any atom is 0.251 e. The Hall–Kier alpha value is -1.68. The summed E-state index contributed by atoms with van der Waals surface area (Å²) < 4.78 is 0. The van der Waals surface area contributed by atoms with E-state index in [2.05, 4.69) is 32.9 Å². The van der Waals surface area contributed by atoms with Gasteiger partial charge in [-0.15, -0.1) is 35.3 Å². The Balaban J connectivity index is 0.00000392. The van der Waals surface area contributed by atoms with Crippen LogP contribution in [0.4, 0.5) is 0 Å². The van der Waals surface area contributed by atoms with Crippen LogP contribution < -0.4 is 16.0 Å². The first-order chi connectivity index (χ1) is 13.2. The van der Waals surface area contributed by atoms with E-state index in [1.54, 1.807) is 11.3 Å². The second-order valence-corrected chi connectivity index (χ2v) is 7.19. The van der Waals surface area contributed by atoms with Gasteiger partial charge in [-0.3, -0.25) is 9.79 Å². The first-order valence-electron chi connectivity index (χ1n) is 9.52. The highest BCUT2D eigenvalue weighted by Gasteiger charge is 2.04. The van der Waals surface area contributed by atoms with Crippen molar-refractivity contribution >= 4 is 47.2 Å². The molecule has 0 aliphatic carbocycles. The molecule has 0 atom stereocenters. The molecule has 28 heavy (non-hydrogen) atoms. The van der Waals surface area contributed by atoms with Crippen molar-refractivity contribution < 1.29 is 4.79 Å². The number of thiazole rings is 1. The van der Waals surface area contributed by atoms with Crippen molar-refractivity contribution in [2.24, 2.45) is 4.99 Å². The molecule has 6 nitrogen and oxygen atoms in total. The van der Waals surface area contributed by atoms with E-state index in [1.807, 2.05) is 43.5 Å². The van der Waals surface area contributed by atoms with E-state index in [1.165, 1.54) is 4.88 Å². The lowest BCUT2D eigenvalue weighted by molar-refractivity contribution is 0.0953. The van der Waals surface area contributed by atoms with Gasteiger partial charge >= 0.3 is 0 Å². The fraction of sp³-hybridized carbons (Fsp3) is 0.450. The second kappa shape index (κ2) is 14.3. The molecule has 2 rings (SSSR count). The van der Waals surface area contributed by atoms with Gasteiger partial charge in [-0.25, -0.2) is 4.98 Å². The van der Waals surface area contributed by atoms with Gasteiger partial charge in [-0.2, -0.15) is 0 Å². The highest BCUT2D eigenvalue weighted by atomic mass is 127. The lowest BCUT2D eigenvalue weighted by Gasteiger charge is -2.10. The number of carbonyl (C=O) groups excluding carboxylic acids is 1. The molecule has 0 saturated heterocycles. The number of nitrogens with zero attached hydrogens (tertiary/aromatic N) is 2. The Labute approximate surface area is 188 Å². The molecule has 154 valence electrons. The third-order valence-electron chi connectivity index (χ3n) is 3.85. The fourth-order valence-corrected chi connectivity index (χ4v) is 3.28. The molecular weight excluding hydrogens is 485 g/mol. The van der Waals surface area contributed by atoms with Crippen molar-refractivity contribution in [1.82, 2.24) is 20.9 Å². The number of benzene rings is 1. The van der Waals surface area contributed by atoms with Crippen LogP contribution in [0.2, 0.25) is 0 Å². The second-order valence-electron chi connectivity index (χ2n) is 5.99. The average Bonchev–Trinajstić information content (AvgIpc) is 3.16. The predicted octanol–water partition coefficient (Wildman–Crippen LogP) is 3.24. The van der Waals surface area contributed by atoms with Gasteiger partial charge in [0, 0.05) is 49.2 Å². The van der Waals surface area contributed by atoms with Crippen molar-refractivity contribution in [3.05, 3.63) is 52.0 Å². The normalized spacial score (nSPS) is 10.9. The molecule has 0 bridgehead atoms. The minimum absolute atomic E-state index is 0. The average molecular weight is 515 g/mol. The van der Waals surface area contributed by atoms with Crippen molar-refractivity contribution in [1.29, 1.82) is 0 Å². The highest BCUT2D eigenvalue weighted by molar-refractivity contribution is 14.0. The first-order valence-corrected chi connectivity index (χ1v) is 10.3. The zero-order valence-corrected chi connectivity index (χ0v) is 19.7. The molecule has 3 N–H and O–H groups in total. The van der Waals surface area contributed by atoms with E-state index in [4.69, 9.17) is 0 Å². The minimum atomic E-state index is -0.0421. The van der Waals surface area contributed by atoms with E-state index < -0.39 is 0 Å². The van der Waals surface area contributed by atoms with Gasteiger partial charge in [-0.05, 0) is 31.9 Å². The number of nitrogens with one attached hydrogen (secondary N) is 3. The van der Waals surface area contributed by atoms with Gasteiger partial charge in [0.2, 0.25) is 0 Å². The monoisotopic (exact) mass is 515 g/mol. The molecular formula is C20H30IN5OS. The molecule has 2 aromatic rings. The molecule has 0 unspecified atom stereocenters. The summed E-state index contributed by atoms with van der Waals surface area (Å²) in [7, 11) is 0. The number of aliphatic imine (C=N–C) groups is 1. The molecule has 1 amide bonds. The van der Waals surface area contributed by atoms with Crippen LogP contribution in [0.25, 0.3) is 0 Å². The molecule has 0 aliphatic rings. The highest BCUT2D eigenvalue weighted by Crippen LogP contribution is 2.13. The third kappa shape index (κ3) is 9.01. The van der Waals surface area contributed by atoms with Gasteiger partial charge in [0.1, 0.15) is 0 Å². The fourth-order valence-electron chi connectivity index (χ4n) is 2.42. The number of carbonyl (C=O) groups is 1. The van der Waals surface area contributed by atoms with Crippen molar-refractivity contribution in [2.45, 2.75) is 33.1 Å². The number of aromatic nitrogens is 1. The van der Waals surface area contributed by atoms with Crippen LogP contribution in [0.1, 0.15) is 40.5 Å². The number of hydrogen-bond acceptors (Lipinski definition) is 4. The van der Waals surface area contributed by atoms with E-state index >= 15 is 0 Å². The summed E-state index contributed by atoms with van der Waals surface area (Å²) in [5, 5.41) is 10.7. The van der Waals surface area contributed by atoms with Crippen molar-refractivity contribution in [3.8, 4) is 0 Å². The van der Waals surface area contributed by atoms with Crippen LogP contribution in [0.5, 0.6) is 0 Å². The van der Waals surface area contributed by atoms with Crippen LogP contribution in [0.15, 0.2) is 41.5 Å². The SMILES string of the molecule is CCNC(=NCCCNC(=O)c1ccccc1)NCCc1ncc(CC)s1.I. The number of rotatable bonds is 10. The summed E-state index contributed by atoms with van der Waals surface area (Å²) in [5.41, 5.74) is 0.685. The van der Waals surface area contributed by atoms with Crippen LogP contribution in [0, 0.1) is 0 Å². The van der Waals surface area contributed by atoms with Gasteiger partial charge < -0.3 is 16.0 Å². The quantitative estimate of drug-likeness (QED) is 0.197. The van der Waals surface area contributed by atoms with Crippen LogP contribution in [-0.4, -0.2) is 43.0 Å². The summed E-state index contributed by atoms with van der Waals surface area (Å²) in [6.07, 6.45) is 4.68. The molecule has 1 aromatic heterocycles. The molecule has 0 spiro atoms. The van der Waals surface area contributed by atoms with E-state index in [0.29, 0.717) is 18.7 Å². The maximum atomic E-state index is 12.0. The summed E-state index contributed by atoms with van der Waals surface area (Å²) in [5.74, 6) is 0.763. The largest absolute Gasteiger partial charge is 0.357 e. The number of guanidine groups is 1. The maximum absolute atomic E-state index is 12.0. The number of aryl methyl sites for hydroxylation is 1. The molecule has 0 aliphatic heterocycles. The smallest absolute Gasteiger partial charge is 0.251 e. The topological polar surface area (TPSA) is 78.4 Å². The van der Waals surface area contributed by atoms with Gasteiger partial charge in [0.25, 0.3) is 5.91 Å². The standard InChI is InChI=1S/C20H29N5OS.HI/c1-3-17-15-25-18(27-17)11-14-24-20(21-4-2)23-13-8-12-22-19(26)16-9-6-5-7-10-16;/h5-7,9-10,15H,3-4,8,11-14H2,1-2H3,(H,22,26)(H2,21,23,24);1H. The molecule has 0 radical (unpaired) electrons. The number of amides is 1. The number of halogens is 1. The predicted molar refractivity (Wildman–Crippen MR) is 128 cm³/mol. The van der Waals surface area contributed by atoms with Crippen molar-refractivity contribution in [2.75, 3.05) is 26.2 Å².